The average molecular weight is 347 g/mol. The molecule has 132 valence electrons. The van der Waals surface area contributed by atoms with E-state index in [1.807, 2.05) is 30.3 Å². The molecule has 26 heavy (non-hydrogen) atoms. The lowest BCUT2D eigenvalue weighted by Gasteiger charge is -2.64. The second kappa shape index (κ2) is 4.58. The summed E-state index contributed by atoms with van der Waals surface area (Å²) in [5, 5.41) is 0. The van der Waals surface area contributed by atoms with Crippen molar-refractivity contribution in [3.8, 4) is 5.69 Å². The number of hydrogen-bond donors (Lipinski definition) is 0. The Kier molecular flexibility index (Phi) is 2.57. The van der Waals surface area contributed by atoms with Gasteiger partial charge in [0.15, 0.2) is 0 Å². The number of allylic oxidation sites excluding steroid dienone is 4. The predicted molar refractivity (Wildman–Crippen MR) is 98.6 cm³/mol. The summed E-state index contributed by atoms with van der Waals surface area (Å²) in [6.07, 6.45) is 14.9. The minimum Gasteiger partial charge on any atom is -0.245 e. The van der Waals surface area contributed by atoms with Crippen LogP contribution in [-0.4, -0.2) is 13.9 Å². The van der Waals surface area contributed by atoms with Crippen LogP contribution in [0.3, 0.4) is 0 Å². The summed E-state index contributed by atoms with van der Waals surface area (Å²) < 4.78 is 4.82. The smallest absolute Gasteiger partial charge is 0.245 e. The van der Waals surface area contributed by atoms with Crippen LogP contribution in [0.4, 0.5) is 0 Å². The van der Waals surface area contributed by atoms with E-state index in [4.69, 9.17) is 0 Å². The quantitative estimate of drug-likeness (QED) is 0.745. The highest BCUT2D eigenvalue weighted by molar-refractivity contribution is 5.41. The van der Waals surface area contributed by atoms with E-state index in [9.17, 15) is 9.59 Å². The van der Waals surface area contributed by atoms with Crippen molar-refractivity contribution >= 4 is 0 Å². The van der Waals surface area contributed by atoms with Crippen LogP contribution in [0.5, 0.6) is 0 Å². The largest absolute Gasteiger partial charge is 0.352 e. The first-order valence-corrected chi connectivity index (χ1v) is 9.60. The van der Waals surface area contributed by atoms with Crippen LogP contribution < -0.4 is 11.4 Å². The van der Waals surface area contributed by atoms with Crippen molar-refractivity contribution in [2.24, 2.45) is 10.8 Å². The van der Waals surface area contributed by atoms with Gasteiger partial charge in [0, 0.05) is 10.8 Å². The lowest BCUT2D eigenvalue weighted by molar-refractivity contribution is -0.0552. The molecule has 0 N–H and O–H groups in total. The lowest BCUT2D eigenvalue weighted by atomic mass is 9.44. The zero-order valence-electron chi connectivity index (χ0n) is 14.5. The molecule has 1 aromatic carbocycles. The van der Waals surface area contributed by atoms with E-state index in [-0.39, 0.29) is 34.3 Å². The van der Waals surface area contributed by atoms with Crippen LogP contribution in [0.1, 0.15) is 44.2 Å². The maximum atomic E-state index is 13.3. The Labute approximate surface area is 150 Å². The minimum atomic E-state index is -0.215. The third-order valence-electron chi connectivity index (χ3n) is 7.30. The van der Waals surface area contributed by atoms with Gasteiger partial charge in [-0.05, 0) is 25.0 Å². The Balaban J connectivity index is 1.65. The summed E-state index contributed by atoms with van der Waals surface area (Å²) in [5.74, 6) is 0. The minimum absolute atomic E-state index is 0.00204. The first-order valence-electron chi connectivity index (χ1n) is 9.60. The first kappa shape index (κ1) is 14.6. The maximum absolute atomic E-state index is 13.3. The van der Waals surface area contributed by atoms with E-state index in [0.29, 0.717) is 5.69 Å². The molecular formula is C21H21N3O2. The number of para-hydroxylation sites is 1. The molecule has 2 aromatic rings. The zero-order chi connectivity index (χ0) is 17.5. The van der Waals surface area contributed by atoms with Gasteiger partial charge in [-0.25, -0.2) is 23.5 Å². The molecule has 5 aliphatic rings. The highest BCUT2D eigenvalue weighted by Gasteiger charge is 2.67. The number of benzene rings is 1. The molecule has 3 heterocycles. The molecule has 0 unspecified atom stereocenters. The van der Waals surface area contributed by atoms with Gasteiger partial charge < -0.3 is 0 Å². The zero-order valence-corrected chi connectivity index (χ0v) is 14.5. The van der Waals surface area contributed by atoms with Crippen molar-refractivity contribution in [3.05, 3.63) is 75.6 Å². The van der Waals surface area contributed by atoms with Gasteiger partial charge in [-0.15, -0.1) is 0 Å². The number of nitrogens with zero attached hydrogens (tertiary/aromatic N) is 3. The maximum Gasteiger partial charge on any atom is 0.352 e. The molecule has 1 aromatic heterocycles. The lowest BCUT2D eigenvalue weighted by Crippen LogP contribution is -2.63. The highest BCUT2D eigenvalue weighted by Crippen LogP contribution is 2.71. The van der Waals surface area contributed by atoms with Crippen LogP contribution in [0, 0.1) is 10.8 Å². The fraction of sp³-hybridized carbons (Fsp3) is 0.429. The van der Waals surface area contributed by atoms with Gasteiger partial charge >= 0.3 is 11.4 Å². The second-order valence-electron chi connectivity index (χ2n) is 8.17. The van der Waals surface area contributed by atoms with Gasteiger partial charge in [0.25, 0.3) is 0 Å². The van der Waals surface area contributed by atoms with Crippen LogP contribution >= 0.6 is 0 Å². The van der Waals surface area contributed by atoms with E-state index < -0.39 is 0 Å². The summed E-state index contributed by atoms with van der Waals surface area (Å²) in [5.41, 5.74) is 0.220. The average Bonchev–Trinajstić information content (AvgIpc) is 2.82. The van der Waals surface area contributed by atoms with Crippen molar-refractivity contribution < 1.29 is 0 Å². The monoisotopic (exact) mass is 347 g/mol. The summed E-state index contributed by atoms with van der Waals surface area (Å²) in [6.45, 7) is 0. The summed E-state index contributed by atoms with van der Waals surface area (Å²) >= 11 is 0. The molecule has 0 saturated heterocycles. The fourth-order valence-corrected chi connectivity index (χ4v) is 6.13. The van der Waals surface area contributed by atoms with Gasteiger partial charge in [-0.1, -0.05) is 61.8 Å². The van der Waals surface area contributed by atoms with E-state index in [1.165, 1.54) is 23.8 Å². The third-order valence-corrected chi connectivity index (χ3v) is 7.30. The molecule has 5 nitrogen and oxygen atoms in total. The molecule has 0 radical (unpaired) electrons. The van der Waals surface area contributed by atoms with Crippen molar-refractivity contribution in [1.82, 2.24) is 13.9 Å². The molecule has 4 atom stereocenters. The van der Waals surface area contributed by atoms with Gasteiger partial charge in [0.2, 0.25) is 0 Å². The molecule has 7 rings (SSSR count). The molecule has 1 saturated carbocycles. The van der Waals surface area contributed by atoms with E-state index in [1.54, 1.807) is 9.36 Å². The van der Waals surface area contributed by atoms with E-state index in [2.05, 4.69) is 24.3 Å². The molecule has 0 spiro atoms. The molecule has 2 bridgehead atoms. The molecular weight excluding hydrogens is 326 g/mol. The van der Waals surface area contributed by atoms with Gasteiger partial charge in [0.1, 0.15) is 0 Å². The van der Waals surface area contributed by atoms with Crippen LogP contribution in [-0.2, 0) is 0 Å². The molecule has 2 aliphatic heterocycles. The van der Waals surface area contributed by atoms with Crippen LogP contribution in [0.2, 0.25) is 0 Å². The van der Waals surface area contributed by atoms with E-state index in [0.717, 1.165) is 12.8 Å². The van der Waals surface area contributed by atoms with Crippen molar-refractivity contribution in [1.29, 1.82) is 0 Å². The Morgan fingerprint density at radius 3 is 1.81 bits per heavy atom. The second-order valence-corrected chi connectivity index (χ2v) is 8.17. The summed E-state index contributed by atoms with van der Waals surface area (Å²) in [7, 11) is 0. The van der Waals surface area contributed by atoms with Crippen LogP contribution in [0.25, 0.3) is 5.69 Å². The van der Waals surface area contributed by atoms with Crippen LogP contribution in [0.15, 0.2) is 64.2 Å². The molecule has 3 aliphatic carbocycles. The molecule has 0 amide bonds. The normalized spacial score (nSPS) is 36.0. The number of rotatable bonds is 1. The highest BCUT2D eigenvalue weighted by atomic mass is 16.2. The predicted octanol–water partition coefficient (Wildman–Crippen LogP) is 2.97. The fourth-order valence-electron chi connectivity index (χ4n) is 6.13. The SMILES string of the molecule is O=c1n(-c2ccccc2)c(=O)n2n1[C@H]1C=C[C@@H]2[C@@]23C=C[C@@]12CCCCC3. The third kappa shape index (κ3) is 1.38. The summed E-state index contributed by atoms with van der Waals surface area (Å²) in [6, 6.07) is 9.16. The molecule has 1 fully saturated rings. The van der Waals surface area contributed by atoms with Gasteiger partial charge in [-0.2, -0.15) is 0 Å². The Morgan fingerprint density at radius 1 is 0.769 bits per heavy atom. The Bertz CT molecular complexity index is 1020. The standard InChI is InChI=1S/C21H21N3O2/c25-18-22(15-7-3-1-4-8-15)19(26)24-17-10-9-16(23(18)24)20-11-5-2-6-12-21(17,20)14-13-20/h1,3-4,7-10,13-14,16-17H,2,5-6,11-12H2/t16-,17+,20-,21+. The van der Waals surface area contributed by atoms with Crippen molar-refractivity contribution in [3.63, 3.8) is 0 Å². The van der Waals surface area contributed by atoms with Crippen molar-refractivity contribution in [2.45, 2.75) is 44.2 Å². The van der Waals surface area contributed by atoms with Crippen molar-refractivity contribution in [2.75, 3.05) is 0 Å². The molecule has 5 heteroatoms. The number of aromatic nitrogens is 3. The Hall–Kier alpha value is -2.56. The van der Waals surface area contributed by atoms with E-state index >= 15 is 0 Å². The summed E-state index contributed by atoms with van der Waals surface area (Å²) in [4.78, 5) is 26.6. The van der Waals surface area contributed by atoms with Gasteiger partial charge in [-0.3, -0.25) is 0 Å². The Morgan fingerprint density at radius 2 is 1.31 bits per heavy atom. The topological polar surface area (TPSA) is 48.9 Å². The van der Waals surface area contributed by atoms with Gasteiger partial charge in [0.05, 0.1) is 17.8 Å². The number of hydrogen-bond acceptors (Lipinski definition) is 2. The first-order chi connectivity index (χ1) is 12.7.